The van der Waals surface area contributed by atoms with Gasteiger partial charge in [0.05, 0.1) is 5.60 Å². The summed E-state index contributed by atoms with van der Waals surface area (Å²) in [5.41, 5.74) is 0.711. The van der Waals surface area contributed by atoms with Crippen LogP contribution in [0.5, 0.6) is 0 Å². The Balaban J connectivity index is 1.93. The van der Waals surface area contributed by atoms with Gasteiger partial charge in [-0.3, -0.25) is 0 Å². The van der Waals surface area contributed by atoms with E-state index in [4.69, 9.17) is 0 Å². The molecule has 2 heteroatoms. The van der Waals surface area contributed by atoms with E-state index in [-0.39, 0.29) is 0 Å². The van der Waals surface area contributed by atoms with Crippen molar-refractivity contribution in [2.45, 2.75) is 44.6 Å². The van der Waals surface area contributed by atoms with Crippen LogP contribution >= 0.6 is 22.6 Å². The van der Waals surface area contributed by atoms with Crippen LogP contribution in [-0.2, 0) is 6.42 Å². The Kier molecular flexibility index (Phi) is 3.90. The highest BCUT2D eigenvalue weighted by Crippen LogP contribution is 2.34. The molecule has 1 atom stereocenters. The molecule has 1 fully saturated rings. The van der Waals surface area contributed by atoms with Crippen LogP contribution in [-0.4, -0.2) is 10.7 Å². The predicted molar refractivity (Wildman–Crippen MR) is 75.4 cm³/mol. The van der Waals surface area contributed by atoms with E-state index in [2.05, 4.69) is 46.9 Å². The number of hydrogen-bond acceptors (Lipinski definition) is 1. The number of benzene rings is 1. The summed E-state index contributed by atoms with van der Waals surface area (Å²) in [6, 6.07) is 8.46. The van der Waals surface area contributed by atoms with Gasteiger partial charge in [-0.1, -0.05) is 31.4 Å². The Morgan fingerprint density at radius 3 is 2.44 bits per heavy atom. The van der Waals surface area contributed by atoms with Crippen molar-refractivity contribution in [3.63, 3.8) is 0 Å². The number of halogens is 1. The van der Waals surface area contributed by atoms with E-state index < -0.39 is 5.60 Å². The van der Waals surface area contributed by atoms with Crippen LogP contribution in [0.15, 0.2) is 24.3 Å². The maximum atomic E-state index is 10.4. The standard InChI is InChI=1S/C14H19IO/c1-14(16,9-11-3-2-4-11)10-12-5-7-13(15)8-6-12/h5-8,11,16H,2-4,9-10H2,1H3. The molecule has 88 valence electrons. The summed E-state index contributed by atoms with van der Waals surface area (Å²) in [5, 5.41) is 10.4. The molecule has 1 unspecified atom stereocenters. The molecule has 0 bridgehead atoms. The number of rotatable bonds is 4. The van der Waals surface area contributed by atoms with Crippen molar-refractivity contribution in [2.24, 2.45) is 5.92 Å². The molecule has 0 saturated heterocycles. The first-order valence-corrected chi connectivity index (χ1v) is 7.10. The molecular formula is C14H19IO. The Morgan fingerprint density at radius 2 is 1.94 bits per heavy atom. The second-order valence-electron chi connectivity index (χ2n) is 5.30. The monoisotopic (exact) mass is 330 g/mol. The molecule has 0 radical (unpaired) electrons. The summed E-state index contributed by atoms with van der Waals surface area (Å²) in [7, 11) is 0. The lowest BCUT2D eigenvalue weighted by Gasteiger charge is -2.33. The molecule has 0 amide bonds. The first-order chi connectivity index (χ1) is 7.55. The fraction of sp³-hybridized carbons (Fsp3) is 0.571. The number of hydrogen-bond donors (Lipinski definition) is 1. The molecule has 0 heterocycles. The highest BCUT2D eigenvalue weighted by atomic mass is 127. The van der Waals surface area contributed by atoms with Gasteiger partial charge in [-0.2, -0.15) is 0 Å². The summed E-state index contributed by atoms with van der Waals surface area (Å²) in [6.45, 7) is 1.98. The van der Waals surface area contributed by atoms with E-state index >= 15 is 0 Å². The van der Waals surface area contributed by atoms with E-state index in [1.807, 2.05) is 6.92 Å². The molecule has 1 aromatic rings. The SMILES string of the molecule is CC(O)(Cc1ccc(I)cc1)CC1CCC1. The average Bonchev–Trinajstić information content (AvgIpc) is 2.16. The fourth-order valence-electron chi connectivity index (χ4n) is 2.43. The van der Waals surface area contributed by atoms with Crippen molar-refractivity contribution in [1.29, 1.82) is 0 Å². The minimum absolute atomic E-state index is 0.530. The van der Waals surface area contributed by atoms with Crippen molar-refractivity contribution in [3.8, 4) is 0 Å². The molecule has 0 aliphatic heterocycles. The molecule has 2 rings (SSSR count). The lowest BCUT2D eigenvalue weighted by Crippen LogP contribution is -2.32. The van der Waals surface area contributed by atoms with E-state index in [1.165, 1.54) is 28.4 Å². The minimum atomic E-state index is -0.530. The molecule has 1 aromatic carbocycles. The van der Waals surface area contributed by atoms with Gasteiger partial charge in [-0.25, -0.2) is 0 Å². The van der Waals surface area contributed by atoms with Gasteiger partial charge >= 0.3 is 0 Å². The first-order valence-electron chi connectivity index (χ1n) is 6.02. The third kappa shape index (κ3) is 3.45. The van der Waals surface area contributed by atoms with Gasteiger partial charge < -0.3 is 5.11 Å². The van der Waals surface area contributed by atoms with Gasteiger partial charge in [0.15, 0.2) is 0 Å². The highest BCUT2D eigenvalue weighted by Gasteiger charge is 2.28. The zero-order valence-electron chi connectivity index (χ0n) is 9.75. The van der Waals surface area contributed by atoms with Gasteiger partial charge in [-0.15, -0.1) is 0 Å². The van der Waals surface area contributed by atoms with Crippen molar-refractivity contribution >= 4 is 22.6 Å². The van der Waals surface area contributed by atoms with Crippen LogP contribution in [0, 0.1) is 9.49 Å². The predicted octanol–water partition coefficient (Wildman–Crippen LogP) is 3.77. The third-order valence-corrected chi connectivity index (χ3v) is 4.17. The molecule has 1 N–H and O–H groups in total. The van der Waals surface area contributed by atoms with Gasteiger partial charge in [0.1, 0.15) is 0 Å². The molecule has 0 aromatic heterocycles. The van der Waals surface area contributed by atoms with Crippen LogP contribution in [0.3, 0.4) is 0 Å². The fourth-order valence-corrected chi connectivity index (χ4v) is 2.79. The Bertz CT molecular complexity index is 338. The molecule has 1 saturated carbocycles. The molecule has 1 nitrogen and oxygen atoms in total. The minimum Gasteiger partial charge on any atom is -0.390 e. The maximum Gasteiger partial charge on any atom is 0.0662 e. The Morgan fingerprint density at radius 1 is 1.31 bits per heavy atom. The summed E-state index contributed by atoms with van der Waals surface area (Å²) in [5.74, 6) is 0.763. The van der Waals surface area contributed by atoms with E-state index in [0.717, 1.165) is 18.8 Å². The third-order valence-electron chi connectivity index (χ3n) is 3.45. The molecule has 16 heavy (non-hydrogen) atoms. The second kappa shape index (κ2) is 5.05. The topological polar surface area (TPSA) is 20.2 Å². The zero-order chi connectivity index (χ0) is 11.6. The van der Waals surface area contributed by atoms with Crippen LogP contribution in [0.4, 0.5) is 0 Å². The summed E-state index contributed by atoms with van der Waals surface area (Å²) < 4.78 is 1.25. The molecule has 0 spiro atoms. The van der Waals surface area contributed by atoms with Crippen LogP contribution in [0.2, 0.25) is 0 Å². The summed E-state index contributed by atoms with van der Waals surface area (Å²) >= 11 is 2.31. The molecule has 1 aliphatic carbocycles. The number of aliphatic hydroxyl groups is 1. The van der Waals surface area contributed by atoms with Crippen molar-refractivity contribution in [1.82, 2.24) is 0 Å². The largest absolute Gasteiger partial charge is 0.390 e. The first kappa shape index (κ1) is 12.4. The second-order valence-corrected chi connectivity index (χ2v) is 6.55. The van der Waals surface area contributed by atoms with Crippen molar-refractivity contribution in [2.75, 3.05) is 0 Å². The van der Waals surface area contributed by atoms with Crippen LogP contribution in [0.1, 0.15) is 38.2 Å². The summed E-state index contributed by atoms with van der Waals surface area (Å²) in [4.78, 5) is 0. The zero-order valence-corrected chi connectivity index (χ0v) is 11.9. The molecular weight excluding hydrogens is 311 g/mol. The average molecular weight is 330 g/mol. The van der Waals surface area contributed by atoms with Crippen LogP contribution in [0.25, 0.3) is 0 Å². The van der Waals surface area contributed by atoms with Crippen molar-refractivity contribution in [3.05, 3.63) is 33.4 Å². The maximum absolute atomic E-state index is 10.4. The van der Waals surface area contributed by atoms with Gasteiger partial charge in [-0.05, 0) is 59.5 Å². The Labute approximate surface area is 111 Å². The molecule has 1 aliphatic rings. The van der Waals surface area contributed by atoms with Crippen LogP contribution < -0.4 is 0 Å². The lowest BCUT2D eigenvalue weighted by atomic mass is 9.76. The smallest absolute Gasteiger partial charge is 0.0662 e. The van der Waals surface area contributed by atoms with E-state index in [0.29, 0.717) is 0 Å². The lowest BCUT2D eigenvalue weighted by molar-refractivity contribution is 0.0204. The van der Waals surface area contributed by atoms with E-state index in [1.54, 1.807) is 0 Å². The van der Waals surface area contributed by atoms with Gasteiger partial charge in [0, 0.05) is 9.99 Å². The normalized spacial score (nSPS) is 20.2. The van der Waals surface area contributed by atoms with E-state index in [9.17, 15) is 5.11 Å². The Hall–Kier alpha value is -0.0900. The van der Waals surface area contributed by atoms with Gasteiger partial charge in [0.25, 0.3) is 0 Å². The van der Waals surface area contributed by atoms with Crippen molar-refractivity contribution < 1.29 is 5.11 Å². The van der Waals surface area contributed by atoms with Gasteiger partial charge in [0.2, 0.25) is 0 Å². The highest BCUT2D eigenvalue weighted by molar-refractivity contribution is 14.1. The summed E-state index contributed by atoms with van der Waals surface area (Å²) in [6.07, 6.45) is 5.70. The quantitative estimate of drug-likeness (QED) is 0.833.